The van der Waals surface area contributed by atoms with Crippen LogP contribution in [0, 0.1) is 0 Å². The predicted octanol–water partition coefficient (Wildman–Crippen LogP) is 3.28. The van der Waals surface area contributed by atoms with E-state index in [4.69, 9.17) is 11.6 Å². The molecule has 1 heterocycles. The summed E-state index contributed by atoms with van der Waals surface area (Å²) in [5.41, 5.74) is 2.48. The first-order valence-corrected chi connectivity index (χ1v) is 6.47. The molecule has 94 valence electrons. The van der Waals surface area contributed by atoms with Gasteiger partial charge in [-0.2, -0.15) is 0 Å². The van der Waals surface area contributed by atoms with Gasteiger partial charge in [-0.3, -0.25) is 4.98 Å². The fourth-order valence-electron chi connectivity index (χ4n) is 2.11. The fraction of sp³-hybridized carbons (Fsp3) is 0.267. The Labute approximate surface area is 113 Å². The fourth-order valence-corrected chi connectivity index (χ4v) is 2.31. The SMILES string of the molecule is CNCC(Cc1ccncc1Cl)c1ccccc1. The number of halogens is 1. The summed E-state index contributed by atoms with van der Waals surface area (Å²) < 4.78 is 0. The van der Waals surface area contributed by atoms with Gasteiger partial charge in [0.2, 0.25) is 0 Å². The van der Waals surface area contributed by atoms with E-state index in [1.807, 2.05) is 19.2 Å². The van der Waals surface area contributed by atoms with E-state index in [2.05, 4.69) is 34.6 Å². The van der Waals surface area contributed by atoms with Crippen LogP contribution in [0.1, 0.15) is 17.0 Å². The first-order valence-electron chi connectivity index (χ1n) is 6.09. The first kappa shape index (κ1) is 13.1. The number of nitrogens with one attached hydrogen (secondary N) is 1. The highest BCUT2D eigenvalue weighted by molar-refractivity contribution is 6.31. The topological polar surface area (TPSA) is 24.9 Å². The maximum atomic E-state index is 6.17. The highest BCUT2D eigenvalue weighted by Gasteiger charge is 2.13. The van der Waals surface area contributed by atoms with Crippen molar-refractivity contribution in [1.29, 1.82) is 0 Å². The van der Waals surface area contributed by atoms with Gasteiger partial charge in [0.15, 0.2) is 0 Å². The summed E-state index contributed by atoms with van der Waals surface area (Å²) in [6, 6.07) is 12.5. The third-order valence-electron chi connectivity index (χ3n) is 3.04. The van der Waals surface area contributed by atoms with Crippen molar-refractivity contribution in [3.8, 4) is 0 Å². The molecular formula is C15H17ClN2. The summed E-state index contributed by atoms with van der Waals surface area (Å²) >= 11 is 6.17. The van der Waals surface area contributed by atoms with Crippen LogP contribution in [0.2, 0.25) is 5.02 Å². The summed E-state index contributed by atoms with van der Waals surface area (Å²) in [6.45, 7) is 0.933. The molecule has 1 atom stereocenters. The zero-order chi connectivity index (χ0) is 12.8. The normalized spacial score (nSPS) is 12.3. The number of benzene rings is 1. The number of nitrogens with zero attached hydrogens (tertiary/aromatic N) is 1. The molecule has 0 radical (unpaired) electrons. The Bertz CT molecular complexity index is 485. The van der Waals surface area contributed by atoms with E-state index >= 15 is 0 Å². The van der Waals surface area contributed by atoms with Gasteiger partial charge in [-0.25, -0.2) is 0 Å². The second-order valence-electron chi connectivity index (χ2n) is 4.34. The molecule has 0 fully saturated rings. The van der Waals surface area contributed by atoms with Crippen LogP contribution in [0.15, 0.2) is 48.8 Å². The van der Waals surface area contributed by atoms with Crippen molar-refractivity contribution >= 4 is 11.6 Å². The van der Waals surface area contributed by atoms with Gasteiger partial charge in [-0.05, 0) is 30.7 Å². The van der Waals surface area contributed by atoms with E-state index in [0.717, 1.165) is 23.6 Å². The van der Waals surface area contributed by atoms with Gasteiger partial charge in [0.1, 0.15) is 0 Å². The molecule has 0 saturated carbocycles. The van der Waals surface area contributed by atoms with E-state index in [9.17, 15) is 0 Å². The smallest absolute Gasteiger partial charge is 0.0621 e. The minimum absolute atomic E-state index is 0.427. The highest BCUT2D eigenvalue weighted by atomic mass is 35.5. The Balaban J connectivity index is 2.19. The molecule has 0 saturated heterocycles. The van der Waals surface area contributed by atoms with Crippen LogP contribution in [0.3, 0.4) is 0 Å². The lowest BCUT2D eigenvalue weighted by Gasteiger charge is -2.17. The largest absolute Gasteiger partial charge is 0.319 e. The van der Waals surface area contributed by atoms with Gasteiger partial charge in [-0.15, -0.1) is 0 Å². The molecular weight excluding hydrogens is 244 g/mol. The Kier molecular flexibility index (Phi) is 4.73. The van der Waals surface area contributed by atoms with Crippen molar-refractivity contribution in [3.63, 3.8) is 0 Å². The maximum Gasteiger partial charge on any atom is 0.0621 e. The van der Waals surface area contributed by atoms with Crippen molar-refractivity contribution in [3.05, 3.63) is 64.9 Å². The van der Waals surface area contributed by atoms with Gasteiger partial charge >= 0.3 is 0 Å². The van der Waals surface area contributed by atoms with Crippen LogP contribution in [0.25, 0.3) is 0 Å². The lowest BCUT2D eigenvalue weighted by atomic mass is 9.92. The quantitative estimate of drug-likeness (QED) is 0.893. The number of likely N-dealkylation sites (N-methyl/N-ethyl adjacent to an activating group) is 1. The van der Waals surface area contributed by atoms with Crippen LogP contribution >= 0.6 is 11.6 Å². The molecule has 1 unspecified atom stereocenters. The summed E-state index contributed by atoms with van der Waals surface area (Å²) in [5, 5.41) is 3.99. The third kappa shape index (κ3) is 3.31. The minimum atomic E-state index is 0.427. The molecule has 1 aromatic carbocycles. The standard InChI is InChI=1S/C15H17ClN2/c1-17-10-14(12-5-3-2-4-6-12)9-13-7-8-18-11-15(13)16/h2-8,11,14,17H,9-10H2,1H3. The van der Waals surface area contributed by atoms with Crippen LogP contribution in [0.5, 0.6) is 0 Å². The summed E-state index contributed by atoms with van der Waals surface area (Å²) in [7, 11) is 1.98. The van der Waals surface area contributed by atoms with Gasteiger partial charge in [0.05, 0.1) is 5.02 Å². The zero-order valence-electron chi connectivity index (χ0n) is 10.4. The second-order valence-corrected chi connectivity index (χ2v) is 4.74. The molecule has 2 nitrogen and oxygen atoms in total. The van der Waals surface area contributed by atoms with Crippen molar-refractivity contribution in [2.75, 3.05) is 13.6 Å². The molecule has 1 N–H and O–H groups in total. The summed E-state index contributed by atoms with van der Waals surface area (Å²) in [4.78, 5) is 4.02. The molecule has 0 aliphatic carbocycles. The second kappa shape index (κ2) is 6.53. The van der Waals surface area contributed by atoms with Crippen LogP contribution < -0.4 is 5.32 Å². The lowest BCUT2D eigenvalue weighted by molar-refractivity contribution is 0.625. The average Bonchev–Trinajstić information content (AvgIpc) is 2.42. The highest BCUT2D eigenvalue weighted by Crippen LogP contribution is 2.24. The molecule has 18 heavy (non-hydrogen) atoms. The first-order chi connectivity index (χ1) is 8.81. The van der Waals surface area contributed by atoms with Crippen molar-refractivity contribution in [2.45, 2.75) is 12.3 Å². The number of hydrogen-bond donors (Lipinski definition) is 1. The molecule has 0 aliphatic heterocycles. The van der Waals surface area contributed by atoms with Gasteiger partial charge in [-0.1, -0.05) is 41.9 Å². The number of pyridine rings is 1. The number of aromatic nitrogens is 1. The van der Waals surface area contributed by atoms with Crippen LogP contribution in [-0.4, -0.2) is 18.6 Å². The van der Waals surface area contributed by atoms with E-state index in [-0.39, 0.29) is 0 Å². The number of hydrogen-bond acceptors (Lipinski definition) is 2. The van der Waals surface area contributed by atoms with E-state index in [0.29, 0.717) is 5.92 Å². The van der Waals surface area contributed by atoms with Crippen molar-refractivity contribution < 1.29 is 0 Å². The summed E-state index contributed by atoms with van der Waals surface area (Å²) in [6.07, 6.45) is 4.42. The van der Waals surface area contributed by atoms with E-state index in [1.165, 1.54) is 5.56 Å². The minimum Gasteiger partial charge on any atom is -0.319 e. The molecule has 0 amide bonds. The molecule has 2 aromatic rings. The van der Waals surface area contributed by atoms with Crippen LogP contribution in [-0.2, 0) is 6.42 Å². The molecule has 2 rings (SSSR count). The molecule has 0 spiro atoms. The molecule has 0 bridgehead atoms. The van der Waals surface area contributed by atoms with Gasteiger partial charge in [0.25, 0.3) is 0 Å². The Hall–Kier alpha value is -1.38. The number of rotatable bonds is 5. The van der Waals surface area contributed by atoms with Crippen molar-refractivity contribution in [2.24, 2.45) is 0 Å². The van der Waals surface area contributed by atoms with Gasteiger partial charge < -0.3 is 5.32 Å². The predicted molar refractivity (Wildman–Crippen MR) is 76.1 cm³/mol. The Morgan fingerprint density at radius 3 is 2.67 bits per heavy atom. The van der Waals surface area contributed by atoms with Crippen molar-refractivity contribution in [1.82, 2.24) is 10.3 Å². The third-order valence-corrected chi connectivity index (χ3v) is 3.38. The lowest BCUT2D eigenvalue weighted by Crippen LogP contribution is -2.19. The molecule has 1 aromatic heterocycles. The summed E-state index contributed by atoms with van der Waals surface area (Å²) in [5.74, 6) is 0.427. The Morgan fingerprint density at radius 2 is 2.00 bits per heavy atom. The maximum absolute atomic E-state index is 6.17. The van der Waals surface area contributed by atoms with Crippen LogP contribution in [0.4, 0.5) is 0 Å². The Morgan fingerprint density at radius 1 is 1.22 bits per heavy atom. The van der Waals surface area contributed by atoms with Gasteiger partial charge in [0, 0.05) is 24.9 Å². The zero-order valence-corrected chi connectivity index (χ0v) is 11.2. The molecule has 0 aliphatic rings. The molecule has 3 heteroatoms. The average molecular weight is 261 g/mol. The van der Waals surface area contributed by atoms with E-state index in [1.54, 1.807) is 12.4 Å². The van der Waals surface area contributed by atoms with E-state index < -0.39 is 0 Å². The monoisotopic (exact) mass is 260 g/mol.